The third kappa shape index (κ3) is 5.70. The molecule has 0 amide bonds. The molecule has 3 nitrogen and oxygen atoms in total. The number of para-hydroxylation sites is 4. The monoisotopic (exact) mass is 937 g/mol. The van der Waals surface area contributed by atoms with Crippen molar-refractivity contribution >= 4 is 126 Å². The Labute approximate surface area is 415 Å². The number of hydrogen-bond acceptors (Lipinski definition) is 1. The molecule has 0 N–H and O–H groups in total. The van der Waals surface area contributed by atoms with Gasteiger partial charge in [0.25, 0.3) is 0 Å². The normalized spacial score (nSPS) is 12.2. The predicted octanol–water partition coefficient (Wildman–Crippen LogP) is 14.7. The van der Waals surface area contributed by atoms with Gasteiger partial charge in [-0.2, -0.15) is 0 Å². The second-order valence-corrected chi connectivity index (χ2v) is 23.6. The van der Waals surface area contributed by atoms with Crippen LogP contribution in [-0.4, -0.2) is 21.8 Å². The summed E-state index contributed by atoms with van der Waals surface area (Å²) in [5.41, 5.74) is 10.7. The van der Waals surface area contributed by atoms with Gasteiger partial charge in [-0.1, -0.05) is 188 Å². The van der Waals surface area contributed by atoms with Crippen molar-refractivity contribution in [1.29, 1.82) is 0 Å². The molecule has 0 radical (unpaired) electrons. The van der Waals surface area contributed by atoms with E-state index in [1.165, 1.54) is 118 Å². The molecule has 15 rings (SSSR count). The largest absolute Gasteiger partial charge is 0.309 e. The molecule has 71 heavy (non-hydrogen) atoms. The minimum atomic E-state index is -3.15. The van der Waals surface area contributed by atoms with Gasteiger partial charge >= 0.3 is 0 Å². The van der Waals surface area contributed by atoms with Gasteiger partial charge in [0.2, 0.25) is 0 Å². The summed E-state index contributed by atoms with van der Waals surface area (Å²) in [6.45, 7) is 0. The van der Waals surface area contributed by atoms with Gasteiger partial charge < -0.3 is 13.7 Å². The molecule has 0 spiro atoms. The zero-order valence-corrected chi connectivity index (χ0v) is 40.4. The first-order chi connectivity index (χ1) is 35.3. The topological polar surface area (TPSA) is 14.8 Å². The lowest BCUT2D eigenvalue weighted by Crippen LogP contribution is -2.74. The van der Waals surface area contributed by atoms with Gasteiger partial charge in [0, 0.05) is 58.2 Å². The first-order valence-corrected chi connectivity index (χ1v) is 27.2. The lowest BCUT2D eigenvalue weighted by atomic mass is 10.1. The molecule has 4 aromatic heterocycles. The Bertz CT molecular complexity index is 4540. The molecule has 0 aliphatic carbocycles. The maximum absolute atomic E-state index is 3.15. The van der Waals surface area contributed by atoms with Gasteiger partial charge in [-0.25, -0.2) is 0 Å². The Balaban J connectivity index is 1.06. The second-order valence-electron chi connectivity index (χ2n) is 18.7. The number of thiophene rings is 1. The summed E-state index contributed by atoms with van der Waals surface area (Å²) in [7, 11) is -3.15. The van der Waals surface area contributed by atoms with E-state index in [0.717, 1.165) is 5.69 Å². The number of aromatic nitrogens is 3. The maximum atomic E-state index is 2.57. The van der Waals surface area contributed by atoms with Crippen LogP contribution < -0.4 is 20.7 Å². The quantitative estimate of drug-likeness (QED) is 0.112. The molecular weight excluding hydrogens is 895 g/mol. The number of fused-ring (bicyclic) bond motifs is 12. The van der Waals surface area contributed by atoms with Crippen molar-refractivity contribution < 1.29 is 0 Å². The van der Waals surface area contributed by atoms with Crippen LogP contribution in [0.5, 0.6) is 0 Å². The highest BCUT2D eigenvalue weighted by Gasteiger charge is 2.43. The molecular formula is C66H43N3SSi. The van der Waals surface area contributed by atoms with Gasteiger partial charge in [-0.05, 0) is 93.5 Å². The summed E-state index contributed by atoms with van der Waals surface area (Å²) in [5.74, 6) is 0. The third-order valence-electron chi connectivity index (χ3n) is 15.2. The first kappa shape index (κ1) is 40.2. The molecule has 0 aliphatic rings. The fraction of sp³-hybridized carbons (Fsp3) is 0. The van der Waals surface area contributed by atoms with Gasteiger partial charge in [0.1, 0.15) is 0 Å². The molecule has 5 heteroatoms. The van der Waals surface area contributed by atoms with Gasteiger partial charge in [-0.15, -0.1) is 11.3 Å². The number of hydrogen-bond donors (Lipinski definition) is 0. The molecule has 11 aromatic carbocycles. The van der Waals surface area contributed by atoms with E-state index in [9.17, 15) is 0 Å². The molecule has 332 valence electrons. The lowest BCUT2D eigenvalue weighted by Gasteiger charge is -2.35. The average molecular weight is 938 g/mol. The number of benzene rings is 11. The summed E-state index contributed by atoms with van der Waals surface area (Å²) in [6, 6.07) is 97.7. The Kier molecular flexibility index (Phi) is 8.85. The van der Waals surface area contributed by atoms with E-state index in [-0.39, 0.29) is 0 Å². The van der Waals surface area contributed by atoms with Crippen LogP contribution in [0.2, 0.25) is 0 Å². The lowest BCUT2D eigenvalue weighted by molar-refractivity contribution is 1.18. The Morgan fingerprint density at radius 2 is 0.732 bits per heavy atom. The van der Waals surface area contributed by atoms with Gasteiger partial charge in [0.15, 0.2) is 8.07 Å². The van der Waals surface area contributed by atoms with Gasteiger partial charge in [-0.3, -0.25) is 0 Å². The van der Waals surface area contributed by atoms with E-state index in [0.29, 0.717) is 0 Å². The van der Waals surface area contributed by atoms with Crippen LogP contribution >= 0.6 is 11.3 Å². The molecule has 0 bridgehead atoms. The van der Waals surface area contributed by atoms with Crippen molar-refractivity contribution in [2.24, 2.45) is 0 Å². The van der Waals surface area contributed by atoms with Crippen LogP contribution in [0.1, 0.15) is 0 Å². The van der Waals surface area contributed by atoms with Gasteiger partial charge in [0.05, 0.1) is 44.5 Å². The van der Waals surface area contributed by atoms with Crippen LogP contribution in [0.25, 0.3) is 103 Å². The Morgan fingerprint density at radius 1 is 0.268 bits per heavy atom. The highest BCUT2D eigenvalue weighted by atomic mass is 32.1. The summed E-state index contributed by atoms with van der Waals surface area (Å²) in [5, 5.41) is 15.5. The van der Waals surface area contributed by atoms with E-state index in [1.807, 2.05) is 11.3 Å². The van der Waals surface area contributed by atoms with Crippen LogP contribution in [0.3, 0.4) is 0 Å². The van der Waals surface area contributed by atoms with E-state index < -0.39 is 8.07 Å². The zero-order valence-electron chi connectivity index (χ0n) is 38.6. The minimum Gasteiger partial charge on any atom is -0.309 e. The summed E-state index contributed by atoms with van der Waals surface area (Å²) in [6.07, 6.45) is 0. The van der Waals surface area contributed by atoms with E-state index in [4.69, 9.17) is 0 Å². The van der Waals surface area contributed by atoms with E-state index in [1.54, 1.807) is 0 Å². The Hall–Kier alpha value is -8.74. The molecule has 0 unspecified atom stereocenters. The summed E-state index contributed by atoms with van der Waals surface area (Å²) in [4.78, 5) is 0. The van der Waals surface area contributed by atoms with Crippen molar-refractivity contribution in [2.75, 3.05) is 0 Å². The third-order valence-corrected chi connectivity index (χ3v) is 21.1. The standard InChI is InChI=1S/C66H43N3SSi/c1-4-21-44(22-5-1)67-53-31-14-10-27-48(53)52-43-47(41-42-56(52)67)71(45-23-6-2-7-24-45,46-25-8-3-9-26-46)63-40-20-37-60-66(63)50-29-12-16-33-55(50)69(60)58-35-18-34-57-64(58)49-28-11-15-32-54(49)68(57)59-36-19-39-62-65(59)51-30-13-17-38-61(51)70-62/h1-43H. The molecule has 15 aromatic rings. The van der Waals surface area contributed by atoms with Crippen molar-refractivity contribution in [3.05, 3.63) is 261 Å². The molecule has 4 heterocycles. The van der Waals surface area contributed by atoms with Crippen molar-refractivity contribution in [1.82, 2.24) is 13.7 Å². The molecule has 0 atom stereocenters. The van der Waals surface area contributed by atoms with Crippen LogP contribution in [-0.2, 0) is 0 Å². The number of nitrogens with zero attached hydrogens (tertiary/aromatic N) is 3. The SMILES string of the molecule is c1ccc(-n2c3ccccc3c3cc([Si](c4ccccc4)(c4ccccc4)c4cccc5c4c4ccccc4n5-c4cccc5c4c4ccccc4n5-c4cccc5sc6ccccc6c45)ccc32)cc1. The van der Waals surface area contributed by atoms with Crippen molar-refractivity contribution in [3.63, 3.8) is 0 Å². The average Bonchev–Trinajstić information content (AvgIpc) is 4.19. The summed E-state index contributed by atoms with van der Waals surface area (Å²) < 4.78 is 10.1. The van der Waals surface area contributed by atoms with Crippen LogP contribution in [0, 0.1) is 0 Å². The predicted molar refractivity (Wildman–Crippen MR) is 306 cm³/mol. The summed E-state index contributed by atoms with van der Waals surface area (Å²) >= 11 is 1.87. The van der Waals surface area contributed by atoms with E-state index in [2.05, 4.69) is 275 Å². The fourth-order valence-electron chi connectivity index (χ4n) is 12.4. The van der Waals surface area contributed by atoms with Crippen molar-refractivity contribution in [2.45, 2.75) is 0 Å². The highest BCUT2D eigenvalue weighted by molar-refractivity contribution is 7.26. The molecule has 0 saturated carbocycles. The maximum Gasteiger partial charge on any atom is 0.180 e. The second kappa shape index (κ2) is 15.6. The van der Waals surface area contributed by atoms with Crippen LogP contribution in [0.15, 0.2) is 261 Å². The molecule has 0 aliphatic heterocycles. The smallest absolute Gasteiger partial charge is 0.180 e. The van der Waals surface area contributed by atoms with E-state index >= 15 is 0 Å². The van der Waals surface area contributed by atoms with Crippen LogP contribution in [0.4, 0.5) is 0 Å². The zero-order chi connectivity index (χ0) is 46.6. The minimum absolute atomic E-state index is 1.16. The highest BCUT2D eigenvalue weighted by Crippen LogP contribution is 2.44. The molecule has 0 saturated heterocycles. The fourth-order valence-corrected chi connectivity index (χ4v) is 18.5. The Morgan fingerprint density at radius 3 is 1.41 bits per heavy atom. The van der Waals surface area contributed by atoms with Crippen molar-refractivity contribution in [3.8, 4) is 17.1 Å². The first-order valence-electron chi connectivity index (χ1n) is 24.4. The molecule has 0 fully saturated rings. The number of rotatable bonds is 7.